The smallest absolute Gasteiger partial charge is 0.265 e. The van der Waals surface area contributed by atoms with Crippen LogP contribution in [0.1, 0.15) is 5.56 Å². The molecule has 0 fully saturated rings. The molecule has 1 atom stereocenters. The number of aromatic nitrogens is 1. The number of hydrogen-bond donors (Lipinski definition) is 1. The average molecular weight is 302 g/mol. The van der Waals surface area contributed by atoms with Crippen LogP contribution in [-0.2, 0) is 0 Å². The standard InChI is InChI=1S/C17H12N5O/c18-22-7-6-19-9-14(22)16(11-2-1-3-11)21-17(22)12-4-5-15-13(8-12)20-10-23-15/h1-10H,18H2/q+1. The topological polar surface area (TPSA) is 76.8 Å². The van der Waals surface area contributed by atoms with Gasteiger partial charge in [-0.2, -0.15) is 10.8 Å². The zero-order valence-corrected chi connectivity index (χ0v) is 12.0. The van der Waals surface area contributed by atoms with E-state index in [2.05, 4.69) is 9.98 Å². The number of aliphatic imine (C=N–C) groups is 2. The molecular formula is C17H12N5O+. The van der Waals surface area contributed by atoms with Gasteiger partial charge in [-0.15, -0.1) is 4.59 Å². The van der Waals surface area contributed by atoms with Crippen molar-refractivity contribution in [3.05, 3.63) is 77.8 Å². The third-order valence-corrected chi connectivity index (χ3v) is 4.21. The number of hydrogen-bond acceptors (Lipinski definition) is 5. The summed E-state index contributed by atoms with van der Waals surface area (Å²) in [5.74, 6) is 7.38. The maximum atomic E-state index is 6.64. The van der Waals surface area contributed by atoms with Crippen molar-refractivity contribution in [1.29, 1.82) is 0 Å². The number of amidine groups is 1. The van der Waals surface area contributed by atoms with Crippen LogP contribution in [0.5, 0.6) is 0 Å². The third kappa shape index (κ3) is 1.61. The minimum Gasteiger partial charge on any atom is -0.443 e. The van der Waals surface area contributed by atoms with Crippen LogP contribution in [0.4, 0.5) is 0 Å². The predicted octanol–water partition coefficient (Wildman–Crippen LogP) is 2.54. The van der Waals surface area contributed by atoms with Crippen LogP contribution in [0.15, 0.2) is 86.6 Å². The van der Waals surface area contributed by atoms with Crippen LogP contribution >= 0.6 is 0 Å². The number of nitrogens with zero attached hydrogens (tertiary/aromatic N) is 4. The van der Waals surface area contributed by atoms with Gasteiger partial charge < -0.3 is 4.42 Å². The van der Waals surface area contributed by atoms with Crippen LogP contribution in [0.2, 0.25) is 0 Å². The fraction of sp³-hybridized carbons (Fsp3) is 0. The molecule has 0 amide bonds. The molecule has 0 saturated heterocycles. The monoisotopic (exact) mass is 302 g/mol. The summed E-state index contributed by atoms with van der Waals surface area (Å²) in [6.45, 7) is 0. The molecular weight excluding hydrogens is 290 g/mol. The molecule has 6 heteroatoms. The molecule has 2 aliphatic heterocycles. The van der Waals surface area contributed by atoms with Gasteiger partial charge in [0.25, 0.3) is 5.84 Å². The first-order chi connectivity index (χ1) is 11.3. The SMILES string of the molecule is N[N+]12C=CN=CC1=C(C1=CC=C1)N=C2c1ccc2ocnc2c1. The lowest BCUT2D eigenvalue weighted by atomic mass is 10.0. The number of allylic oxidation sites excluding steroid dienone is 4. The van der Waals surface area contributed by atoms with Crippen LogP contribution in [0, 0.1) is 0 Å². The first kappa shape index (κ1) is 12.5. The van der Waals surface area contributed by atoms with Gasteiger partial charge in [-0.3, -0.25) is 4.99 Å². The van der Waals surface area contributed by atoms with E-state index in [4.69, 9.17) is 15.3 Å². The first-order valence-corrected chi connectivity index (χ1v) is 7.20. The average Bonchev–Trinajstić information content (AvgIpc) is 3.07. The summed E-state index contributed by atoms with van der Waals surface area (Å²) >= 11 is 0. The molecule has 23 heavy (non-hydrogen) atoms. The molecule has 0 saturated carbocycles. The van der Waals surface area contributed by atoms with Gasteiger partial charge >= 0.3 is 0 Å². The number of fused-ring (bicyclic) bond motifs is 2. The highest BCUT2D eigenvalue weighted by molar-refractivity contribution is 6.02. The summed E-state index contributed by atoms with van der Waals surface area (Å²) in [6.07, 6.45) is 12.8. The molecule has 1 aliphatic carbocycles. The van der Waals surface area contributed by atoms with Crippen molar-refractivity contribution in [2.24, 2.45) is 15.8 Å². The molecule has 3 aliphatic rings. The fourth-order valence-corrected chi connectivity index (χ4v) is 2.94. The van der Waals surface area contributed by atoms with E-state index in [1.807, 2.05) is 42.6 Å². The van der Waals surface area contributed by atoms with Crippen molar-refractivity contribution < 1.29 is 9.01 Å². The van der Waals surface area contributed by atoms with Crippen LogP contribution in [0.3, 0.4) is 0 Å². The maximum Gasteiger partial charge on any atom is 0.265 e. The largest absolute Gasteiger partial charge is 0.443 e. The van der Waals surface area contributed by atoms with Gasteiger partial charge in [0.1, 0.15) is 17.4 Å². The normalized spacial score (nSPS) is 24.7. The zero-order valence-electron chi connectivity index (χ0n) is 12.0. The molecule has 110 valence electrons. The number of benzene rings is 1. The number of rotatable bonds is 2. The second-order valence-electron chi connectivity index (χ2n) is 5.54. The Bertz CT molecular complexity index is 1030. The molecule has 5 rings (SSSR count). The van der Waals surface area contributed by atoms with Crippen molar-refractivity contribution in [3.8, 4) is 0 Å². The lowest BCUT2D eigenvalue weighted by molar-refractivity contribution is -0.750. The Kier molecular flexibility index (Phi) is 2.29. The van der Waals surface area contributed by atoms with E-state index in [0.717, 1.165) is 39.5 Å². The van der Waals surface area contributed by atoms with E-state index in [-0.39, 0.29) is 4.59 Å². The van der Waals surface area contributed by atoms with Crippen molar-refractivity contribution >= 4 is 23.1 Å². The highest BCUT2D eigenvalue weighted by Crippen LogP contribution is 2.36. The second-order valence-corrected chi connectivity index (χ2v) is 5.54. The molecule has 2 N–H and O–H groups in total. The highest BCUT2D eigenvalue weighted by atomic mass is 16.3. The number of quaternary nitrogens is 1. The molecule has 1 aromatic carbocycles. The van der Waals surface area contributed by atoms with E-state index in [1.165, 1.54) is 6.39 Å². The number of nitrogens with two attached hydrogens (primary N) is 1. The maximum absolute atomic E-state index is 6.64. The van der Waals surface area contributed by atoms with Crippen molar-refractivity contribution in [2.75, 3.05) is 0 Å². The van der Waals surface area contributed by atoms with E-state index < -0.39 is 0 Å². The minimum atomic E-state index is 0.00731. The van der Waals surface area contributed by atoms with Gasteiger partial charge in [0.2, 0.25) is 5.70 Å². The van der Waals surface area contributed by atoms with E-state index in [9.17, 15) is 0 Å². The Morgan fingerprint density at radius 3 is 2.96 bits per heavy atom. The number of oxazole rings is 1. The van der Waals surface area contributed by atoms with E-state index >= 15 is 0 Å². The van der Waals surface area contributed by atoms with Gasteiger partial charge in [0.05, 0.1) is 18.0 Å². The van der Waals surface area contributed by atoms with E-state index in [1.54, 1.807) is 12.4 Å². The van der Waals surface area contributed by atoms with Gasteiger partial charge in [0.15, 0.2) is 12.0 Å². The molecule has 6 nitrogen and oxygen atoms in total. The van der Waals surface area contributed by atoms with E-state index in [0.29, 0.717) is 0 Å². The molecule has 2 aromatic rings. The fourth-order valence-electron chi connectivity index (χ4n) is 2.94. The van der Waals surface area contributed by atoms with Crippen molar-refractivity contribution in [3.63, 3.8) is 0 Å². The Hall–Kier alpha value is -3.09. The Labute approximate surface area is 131 Å². The van der Waals surface area contributed by atoms with Gasteiger partial charge in [-0.1, -0.05) is 18.2 Å². The van der Waals surface area contributed by atoms with Gasteiger partial charge in [-0.25, -0.2) is 4.98 Å². The quantitative estimate of drug-likeness (QED) is 0.684. The summed E-state index contributed by atoms with van der Waals surface area (Å²) in [5.41, 5.74) is 5.21. The summed E-state index contributed by atoms with van der Waals surface area (Å²) in [7, 11) is 0. The zero-order chi connectivity index (χ0) is 15.4. The first-order valence-electron chi connectivity index (χ1n) is 7.20. The summed E-state index contributed by atoms with van der Waals surface area (Å²) in [4.78, 5) is 13.2. The van der Waals surface area contributed by atoms with Gasteiger partial charge in [0, 0.05) is 5.57 Å². The van der Waals surface area contributed by atoms with Gasteiger partial charge in [-0.05, 0) is 18.2 Å². The molecule has 0 radical (unpaired) electrons. The van der Waals surface area contributed by atoms with Crippen molar-refractivity contribution in [1.82, 2.24) is 4.98 Å². The summed E-state index contributed by atoms with van der Waals surface area (Å²) < 4.78 is 5.31. The van der Waals surface area contributed by atoms with Crippen molar-refractivity contribution in [2.45, 2.75) is 0 Å². The molecule has 0 bridgehead atoms. The highest BCUT2D eigenvalue weighted by Gasteiger charge is 2.44. The Balaban J connectivity index is 1.70. The Morgan fingerprint density at radius 1 is 1.22 bits per heavy atom. The van der Waals surface area contributed by atoms with Crippen LogP contribution < -0.4 is 5.84 Å². The van der Waals surface area contributed by atoms with Crippen LogP contribution in [-0.4, -0.2) is 21.6 Å². The third-order valence-electron chi connectivity index (χ3n) is 4.21. The summed E-state index contributed by atoms with van der Waals surface area (Å²) in [5, 5.41) is 0. The van der Waals surface area contributed by atoms with Crippen LogP contribution in [0.25, 0.3) is 11.1 Å². The summed E-state index contributed by atoms with van der Waals surface area (Å²) in [6, 6.07) is 5.77. The Morgan fingerprint density at radius 2 is 2.13 bits per heavy atom. The molecule has 1 aromatic heterocycles. The molecule has 0 spiro atoms. The lowest BCUT2D eigenvalue weighted by Gasteiger charge is -2.26. The minimum absolute atomic E-state index is 0.00731. The molecule has 3 heterocycles. The second kappa shape index (κ2) is 4.22. The lowest BCUT2D eigenvalue weighted by Crippen LogP contribution is -2.53. The predicted molar refractivity (Wildman–Crippen MR) is 86.9 cm³/mol. The molecule has 1 unspecified atom stereocenters.